The third kappa shape index (κ3) is 7.37. The van der Waals surface area contributed by atoms with E-state index in [0.29, 0.717) is 12.3 Å². The molecule has 0 fully saturated rings. The van der Waals surface area contributed by atoms with E-state index in [0.717, 1.165) is 32.4 Å². The van der Waals surface area contributed by atoms with Gasteiger partial charge in [0.15, 0.2) is 0 Å². The fraction of sp³-hybridized carbons (Fsp3) is 0.929. The van der Waals surface area contributed by atoms with E-state index in [-0.39, 0.29) is 11.4 Å². The van der Waals surface area contributed by atoms with Gasteiger partial charge in [-0.3, -0.25) is 4.79 Å². The number of carbonyl (C=O) groups is 1. The van der Waals surface area contributed by atoms with Gasteiger partial charge in [-0.1, -0.05) is 26.7 Å². The zero-order valence-electron chi connectivity index (χ0n) is 12.3. The zero-order valence-corrected chi connectivity index (χ0v) is 12.3. The second-order valence-electron chi connectivity index (χ2n) is 5.60. The van der Waals surface area contributed by atoms with Crippen LogP contribution in [0.4, 0.5) is 0 Å². The van der Waals surface area contributed by atoms with Crippen LogP contribution in [0.2, 0.25) is 0 Å². The fourth-order valence-corrected chi connectivity index (χ4v) is 1.85. The maximum Gasteiger partial charge on any atom is 0.222 e. The minimum atomic E-state index is -0.246. The summed E-state index contributed by atoms with van der Waals surface area (Å²) in [7, 11) is 0. The van der Waals surface area contributed by atoms with E-state index in [9.17, 15) is 4.79 Å². The van der Waals surface area contributed by atoms with Crippen molar-refractivity contribution < 1.29 is 4.79 Å². The van der Waals surface area contributed by atoms with Gasteiger partial charge in [-0.05, 0) is 33.1 Å². The van der Waals surface area contributed by atoms with Crippen LogP contribution >= 0.6 is 0 Å². The minimum absolute atomic E-state index is 0.246. The standard InChI is InChI=1S/C14H30N2O/c1-6-12(7-2)11-16(8-3)13(17)9-10-14(4,5)15/h12H,6-11,15H2,1-5H3. The molecule has 0 aliphatic rings. The van der Waals surface area contributed by atoms with E-state index in [1.807, 2.05) is 25.7 Å². The van der Waals surface area contributed by atoms with Crippen LogP contribution in [0.25, 0.3) is 0 Å². The van der Waals surface area contributed by atoms with Crippen molar-refractivity contribution in [3.05, 3.63) is 0 Å². The molecule has 1 amide bonds. The first-order chi connectivity index (χ1) is 7.84. The average Bonchev–Trinajstić information content (AvgIpc) is 2.27. The molecule has 0 atom stereocenters. The monoisotopic (exact) mass is 242 g/mol. The maximum atomic E-state index is 12.1. The van der Waals surface area contributed by atoms with Crippen LogP contribution < -0.4 is 5.73 Å². The molecule has 0 heterocycles. The van der Waals surface area contributed by atoms with Crippen molar-refractivity contribution in [3.8, 4) is 0 Å². The van der Waals surface area contributed by atoms with Crippen molar-refractivity contribution in [2.75, 3.05) is 13.1 Å². The van der Waals surface area contributed by atoms with E-state index in [1.54, 1.807) is 0 Å². The summed E-state index contributed by atoms with van der Waals surface area (Å²) in [5, 5.41) is 0. The summed E-state index contributed by atoms with van der Waals surface area (Å²) >= 11 is 0. The third-order valence-corrected chi connectivity index (χ3v) is 3.35. The zero-order chi connectivity index (χ0) is 13.5. The Labute approximate surface area is 107 Å². The Balaban J connectivity index is 4.21. The van der Waals surface area contributed by atoms with Gasteiger partial charge in [-0.15, -0.1) is 0 Å². The molecule has 0 bridgehead atoms. The maximum absolute atomic E-state index is 12.1. The number of hydrogen-bond acceptors (Lipinski definition) is 2. The van der Waals surface area contributed by atoms with E-state index in [1.165, 1.54) is 0 Å². The van der Waals surface area contributed by atoms with Gasteiger partial charge in [-0.25, -0.2) is 0 Å². The molecule has 0 saturated heterocycles. The summed E-state index contributed by atoms with van der Waals surface area (Å²) in [6.07, 6.45) is 3.61. The number of hydrogen-bond donors (Lipinski definition) is 1. The van der Waals surface area contributed by atoms with Gasteiger partial charge in [0.25, 0.3) is 0 Å². The predicted molar refractivity (Wildman–Crippen MR) is 73.8 cm³/mol. The van der Waals surface area contributed by atoms with Gasteiger partial charge >= 0.3 is 0 Å². The highest BCUT2D eigenvalue weighted by molar-refractivity contribution is 5.76. The van der Waals surface area contributed by atoms with Gasteiger partial charge in [0.05, 0.1) is 0 Å². The summed E-state index contributed by atoms with van der Waals surface area (Å²) in [6, 6.07) is 0. The van der Waals surface area contributed by atoms with Gasteiger partial charge in [0.1, 0.15) is 0 Å². The lowest BCUT2D eigenvalue weighted by Crippen LogP contribution is -2.38. The quantitative estimate of drug-likeness (QED) is 0.711. The van der Waals surface area contributed by atoms with Crippen LogP contribution in [0.1, 0.15) is 60.3 Å². The molecule has 0 unspecified atom stereocenters. The van der Waals surface area contributed by atoms with Crippen LogP contribution in [-0.4, -0.2) is 29.4 Å². The number of nitrogens with two attached hydrogens (primary N) is 1. The summed E-state index contributed by atoms with van der Waals surface area (Å²) < 4.78 is 0. The smallest absolute Gasteiger partial charge is 0.222 e. The fourth-order valence-electron chi connectivity index (χ4n) is 1.85. The van der Waals surface area contributed by atoms with Gasteiger partial charge < -0.3 is 10.6 Å². The van der Waals surface area contributed by atoms with Crippen molar-refractivity contribution >= 4 is 5.91 Å². The van der Waals surface area contributed by atoms with Gasteiger partial charge in [0.2, 0.25) is 5.91 Å². The first-order valence-corrected chi connectivity index (χ1v) is 6.90. The molecule has 0 saturated carbocycles. The van der Waals surface area contributed by atoms with Crippen LogP contribution in [0.15, 0.2) is 0 Å². The molecular formula is C14H30N2O. The van der Waals surface area contributed by atoms with E-state index < -0.39 is 0 Å². The highest BCUT2D eigenvalue weighted by atomic mass is 16.2. The molecule has 102 valence electrons. The summed E-state index contributed by atoms with van der Waals surface area (Å²) in [4.78, 5) is 14.0. The summed E-state index contributed by atoms with van der Waals surface area (Å²) in [5.74, 6) is 0.878. The van der Waals surface area contributed by atoms with Crippen molar-refractivity contribution in [2.24, 2.45) is 11.7 Å². The Morgan fingerprint density at radius 1 is 1.24 bits per heavy atom. The molecule has 0 aromatic carbocycles. The molecule has 3 nitrogen and oxygen atoms in total. The normalized spacial score (nSPS) is 11.9. The van der Waals surface area contributed by atoms with Crippen LogP contribution in [0, 0.1) is 5.92 Å². The predicted octanol–water partition coefficient (Wildman–Crippen LogP) is 2.79. The number of nitrogens with zero attached hydrogens (tertiary/aromatic N) is 1. The van der Waals surface area contributed by atoms with E-state index in [2.05, 4.69) is 13.8 Å². The first-order valence-electron chi connectivity index (χ1n) is 6.90. The van der Waals surface area contributed by atoms with E-state index >= 15 is 0 Å². The Morgan fingerprint density at radius 3 is 2.12 bits per heavy atom. The average molecular weight is 242 g/mol. The second-order valence-corrected chi connectivity index (χ2v) is 5.60. The SMILES string of the molecule is CCC(CC)CN(CC)C(=O)CCC(C)(C)N. The minimum Gasteiger partial charge on any atom is -0.343 e. The number of amides is 1. The second kappa shape index (κ2) is 7.70. The first kappa shape index (κ1) is 16.4. The lowest BCUT2D eigenvalue weighted by molar-refractivity contribution is -0.132. The topological polar surface area (TPSA) is 46.3 Å². The summed E-state index contributed by atoms with van der Waals surface area (Å²) in [5.41, 5.74) is 5.66. The van der Waals surface area contributed by atoms with Crippen molar-refractivity contribution in [1.29, 1.82) is 0 Å². The number of carbonyl (C=O) groups excluding carboxylic acids is 1. The molecule has 0 radical (unpaired) electrons. The lowest BCUT2D eigenvalue weighted by Gasteiger charge is -2.27. The molecular weight excluding hydrogens is 212 g/mol. The molecule has 2 N–H and O–H groups in total. The van der Waals surface area contributed by atoms with Crippen molar-refractivity contribution in [1.82, 2.24) is 4.90 Å². The Bertz CT molecular complexity index is 217. The third-order valence-electron chi connectivity index (χ3n) is 3.35. The molecule has 0 rings (SSSR count). The highest BCUT2D eigenvalue weighted by Gasteiger charge is 2.18. The molecule has 0 aliphatic carbocycles. The van der Waals surface area contributed by atoms with Gasteiger partial charge in [0, 0.05) is 25.0 Å². The molecule has 0 aromatic heterocycles. The van der Waals surface area contributed by atoms with Crippen LogP contribution in [0.5, 0.6) is 0 Å². The molecule has 0 spiro atoms. The number of rotatable bonds is 8. The Hall–Kier alpha value is -0.570. The van der Waals surface area contributed by atoms with Crippen LogP contribution in [0.3, 0.4) is 0 Å². The summed E-state index contributed by atoms with van der Waals surface area (Å²) in [6.45, 7) is 12.1. The molecule has 0 aliphatic heterocycles. The van der Waals surface area contributed by atoms with E-state index in [4.69, 9.17) is 5.73 Å². The molecule has 0 aromatic rings. The Morgan fingerprint density at radius 2 is 1.76 bits per heavy atom. The molecule has 3 heteroatoms. The molecule has 17 heavy (non-hydrogen) atoms. The lowest BCUT2D eigenvalue weighted by atomic mass is 9.99. The van der Waals surface area contributed by atoms with Crippen molar-refractivity contribution in [3.63, 3.8) is 0 Å². The highest BCUT2D eigenvalue weighted by Crippen LogP contribution is 2.13. The Kier molecular flexibility index (Phi) is 7.44. The van der Waals surface area contributed by atoms with Crippen molar-refractivity contribution in [2.45, 2.75) is 65.8 Å². The van der Waals surface area contributed by atoms with Gasteiger partial charge in [-0.2, -0.15) is 0 Å². The largest absolute Gasteiger partial charge is 0.343 e. The van der Waals surface area contributed by atoms with Crippen LogP contribution in [-0.2, 0) is 4.79 Å².